The maximum Gasteiger partial charge on any atom is 0.353 e. The second kappa shape index (κ2) is 4.54. The van der Waals surface area contributed by atoms with Gasteiger partial charge in [-0.05, 0) is 6.92 Å². The summed E-state index contributed by atoms with van der Waals surface area (Å²) in [5.74, 6) is -0.541. The molecule has 2 aliphatic heterocycles. The number of carbonyl (C=O) groups excluding carboxylic acids is 1. The molecule has 1 atom stereocenters. The van der Waals surface area contributed by atoms with Crippen LogP contribution in [0.25, 0.3) is 0 Å². The lowest BCUT2D eigenvalue weighted by Gasteiger charge is -2.37. The lowest BCUT2D eigenvalue weighted by molar-refractivity contribution is -0.142. The number of rotatable bonds is 4. The maximum absolute atomic E-state index is 11.7. The van der Waals surface area contributed by atoms with Gasteiger partial charge in [0.15, 0.2) is 0 Å². The predicted octanol–water partition coefficient (Wildman–Crippen LogP) is 0.535. The normalized spacial score (nSPS) is 25.3. The molecule has 2 rings (SSSR count). The molecule has 0 radical (unpaired) electrons. The number of allylic oxidation sites excluding steroid dienone is 1. The van der Waals surface area contributed by atoms with E-state index in [4.69, 9.17) is 10.8 Å². The highest BCUT2D eigenvalue weighted by atomic mass is 32.2. The van der Waals surface area contributed by atoms with E-state index >= 15 is 0 Å². The van der Waals surface area contributed by atoms with Crippen molar-refractivity contribution >= 4 is 23.6 Å². The standard InChI is InChI=1S/C11H14N2O3S/c1-2-6-7-5-8(17-4-3-12)9(11(15)16)13(7)10(6)14/h2,7H,3-5,12H2,1H3,(H,15,16)/b6-2+. The molecule has 1 unspecified atom stereocenters. The number of hydrogen-bond donors (Lipinski definition) is 2. The second-order valence-corrected chi connectivity index (χ2v) is 5.04. The highest BCUT2D eigenvalue weighted by Crippen LogP contribution is 2.45. The second-order valence-electron chi connectivity index (χ2n) is 3.85. The summed E-state index contributed by atoms with van der Waals surface area (Å²) < 4.78 is 0. The summed E-state index contributed by atoms with van der Waals surface area (Å²) in [4.78, 5) is 25.1. The van der Waals surface area contributed by atoms with Gasteiger partial charge in [0.25, 0.3) is 5.91 Å². The van der Waals surface area contributed by atoms with E-state index in [-0.39, 0.29) is 17.6 Å². The van der Waals surface area contributed by atoms with E-state index in [1.165, 1.54) is 16.7 Å². The molecule has 0 bridgehead atoms. The number of hydrogen-bond acceptors (Lipinski definition) is 4. The van der Waals surface area contributed by atoms with Gasteiger partial charge >= 0.3 is 5.97 Å². The van der Waals surface area contributed by atoms with E-state index in [2.05, 4.69) is 0 Å². The fourth-order valence-corrected chi connectivity index (χ4v) is 3.17. The van der Waals surface area contributed by atoms with Gasteiger partial charge in [0.1, 0.15) is 5.70 Å². The first kappa shape index (κ1) is 12.2. The number of carboxylic acids is 1. The van der Waals surface area contributed by atoms with Crippen LogP contribution in [0.2, 0.25) is 0 Å². The molecule has 92 valence electrons. The van der Waals surface area contributed by atoms with Crippen molar-refractivity contribution in [1.29, 1.82) is 0 Å². The van der Waals surface area contributed by atoms with Crippen LogP contribution in [0.5, 0.6) is 0 Å². The van der Waals surface area contributed by atoms with Crippen molar-refractivity contribution in [3.63, 3.8) is 0 Å². The summed E-state index contributed by atoms with van der Waals surface area (Å²) in [6.45, 7) is 2.30. The fraction of sp³-hybridized carbons (Fsp3) is 0.455. The number of fused-ring (bicyclic) bond motifs is 1. The van der Waals surface area contributed by atoms with Crippen LogP contribution < -0.4 is 5.73 Å². The molecule has 0 aromatic carbocycles. The number of thioether (sulfide) groups is 1. The molecule has 3 N–H and O–H groups in total. The van der Waals surface area contributed by atoms with Gasteiger partial charge in [0.2, 0.25) is 0 Å². The number of aliphatic carboxylic acids is 1. The first-order chi connectivity index (χ1) is 8.11. The summed E-state index contributed by atoms with van der Waals surface area (Å²) in [7, 11) is 0. The van der Waals surface area contributed by atoms with Gasteiger partial charge in [-0.1, -0.05) is 6.08 Å². The Morgan fingerprint density at radius 2 is 2.41 bits per heavy atom. The summed E-state index contributed by atoms with van der Waals surface area (Å²) >= 11 is 1.44. The van der Waals surface area contributed by atoms with Gasteiger partial charge in [-0.25, -0.2) is 4.79 Å². The minimum absolute atomic E-state index is 0.0705. The third-order valence-corrected chi connectivity index (χ3v) is 4.08. The van der Waals surface area contributed by atoms with Crippen LogP contribution >= 0.6 is 11.8 Å². The number of nitrogens with two attached hydrogens (primary N) is 1. The van der Waals surface area contributed by atoms with Gasteiger partial charge in [0, 0.05) is 29.2 Å². The molecule has 0 saturated carbocycles. The molecule has 6 heteroatoms. The maximum atomic E-state index is 11.7. The van der Waals surface area contributed by atoms with E-state index in [1.807, 2.05) is 0 Å². The number of carboxylic acid groups (broad SMARTS) is 1. The summed E-state index contributed by atoms with van der Waals surface area (Å²) in [6.07, 6.45) is 2.37. The van der Waals surface area contributed by atoms with Crippen LogP contribution in [0.1, 0.15) is 13.3 Å². The zero-order valence-electron chi connectivity index (χ0n) is 9.47. The quantitative estimate of drug-likeness (QED) is 0.565. The third kappa shape index (κ3) is 1.77. The monoisotopic (exact) mass is 254 g/mol. The smallest absolute Gasteiger partial charge is 0.353 e. The number of amides is 1. The average Bonchev–Trinajstić information content (AvgIpc) is 2.62. The molecule has 1 amide bonds. The molecule has 1 fully saturated rings. The molecule has 2 aliphatic rings. The molecular weight excluding hydrogens is 240 g/mol. The van der Waals surface area contributed by atoms with Crippen molar-refractivity contribution in [2.24, 2.45) is 5.73 Å². The Labute approximate surface area is 103 Å². The lowest BCUT2D eigenvalue weighted by atomic mass is 9.94. The van der Waals surface area contributed by atoms with E-state index < -0.39 is 5.97 Å². The molecule has 0 aromatic heterocycles. The van der Waals surface area contributed by atoms with Crippen LogP contribution in [-0.2, 0) is 9.59 Å². The van der Waals surface area contributed by atoms with E-state index in [0.29, 0.717) is 24.3 Å². The van der Waals surface area contributed by atoms with Gasteiger partial charge in [-0.15, -0.1) is 11.8 Å². The average molecular weight is 254 g/mol. The minimum Gasteiger partial charge on any atom is -0.477 e. The van der Waals surface area contributed by atoms with E-state index in [0.717, 1.165) is 4.91 Å². The molecule has 5 nitrogen and oxygen atoms in total. The molecule has 1 saturated heterocycles. The largest absolute Gasteiger partial charge is 0.477 e. The number of β-lactam (4-membered cyclic amide) rings is 1. The SMILES string of the molecule is C/C=C1/C(=O)N2C(C(=O)O)=C(SCCN)CC12. The van der Waals surface area contributed by atoms with Crippen LogP contribution in [-0.4, -0.2) is 40.2 Å². The molecule has 0 aromatic rings. The first-order valence-corrected chi connectivity index (χ1v) is 6.39. The molecule has 17 heavy (non-hydrogen) atoms. The third-order valence-electron chi connectivity index (χ3n) is 2.93. The number of carbonyl (C=O) groups is 2. The van der Waals surface area contributed by atoms with Crippen molar-refractivity contribution < 1.29 is 14.7 Å². The van der Waals surface area contributed by atoms with Gasteiger partial charge < -0.3 is 10.8 Å². The Morgan fingerprint density at radius 3 is 2.94 bits per heavy atom. The van der Waals surface area contributed by atoms with Crippen LogP contribution in [0, 0.1) is 0 Å². The Hall–Kier alpha value is -1.27. The van der Waals surface area contributed by atoms with Crippen LogP contribution in [0.15, 0.2) is 22.3 Å². The summed E-state index contributed by atoms with van der Waals surface area (Å²) in [5.41, 5.74) is 6.27. The summed E-state index contributed by atoms with van der Waals surface area (Å²) in [6, 6.07) is -0.0705. The number of nitrogens with zero attached hydrogens (tertiary/aromatic N) is 1. The van der Waals surface area contributed by atoms with E-state index in [1.54, 1.807) is 13.0 Å². The van der Waals surface area contributed by atoms with Gasteiger partial charge in [-0.3, -0.25) is 9.69 Å². The molecule has 2 heterocycles. The van der Waals surface area contributed by atoms with Crippen molar-refractivity contribution in [3.05, 3.63) is 22.3 Å². The Kier molecular flexibility index (Phi) is 3.26. The van der Waals surface area contributed by atoms with Gasteiger partial charge in [-0.2, -0.15) is 0 Å². The zero-order chi connectivity index (χ0) is 12.6. The lowest BCUT2D eigenvalue weighted by Crippen LogP contribution is -2.52. The topological polar surface area (TPSA) is 83.6 Å². The van der Waals surface area contributed by atoms with Crippen LogP contribution in [0.4, 0.5) is 0 Å². The molecular formula is C11H14N2O3S. The van der Waals surface area contributed by atoms with E-state index in [9.17, 15) is 9.59 Å². The van der Waals surface area contributed by atoms with Crippen molar-refractivity contribution in [1.82, 2.24) is 4.90 Å². The molecule has 0 spiro atoms. The fourth-order valence-electron chi connectivity index (χ4n) is 2.21. The first-order valence-electron chi connectivity index (χ1n) is 5.40. The minimum atomic E-state index is -1.03. The molecule has 0 aliphatic carbocycles. The zero-order valence-corrected chi connectivity index (χ0v) is 10.3. The Balaban J connectivity index is 2.26. The van der Waals surface area contributed by atoms with Crippen LogP contribution in [0.3, 0.4) is 0 Å². The van der Waals surface area contributed by atoms with Crippen molar-refractivity contribution in [2.45, 2.75) is 19.4 Å². The summed E-state index contributed by atoms with van der Waals surface area (Å²) in [5, 5.41) is 9.17. The van der Waals surface area contributed by atoms with Crippen molar-refractivity contribution in [3.8, 4) is 0 Å². The highest BCUT2D eigenvalue weighted by Gasteiger charge is 2.51. The van der Waals surface area contributed by atoms with Crippen molar-refractivity contribution in [2.75, 3.05) is 12.3 Å². The highest BCUT2D eigenvalue weighted by molar-refractivity contribution is 8.03. The Bertz CT molecular complexity index is 442. The Morgan fingerprint density at radius 1 is 1.71 bits per heavy atom. The van der Waals surface area contributed by atoms with Gasteiger partial charge in [0.05, 0.1) is 6.04 Å². The predicted molar refractivity (Wildman–Crippen MR) is 65.2 cm³/mol.